The van der Waals surface area contributed by atoms with Gasteiger partial charge in [0.2, 0.25) is 0 Å². The molecule has 0 bridgehead atoms. The number of nitrogens with one attached hydrogen (secondary N) is 1. The SMILES string of the molecule is CCOc1cc(/C=N/NCCC#N)ccc1OCC(N)=O. The van der Waals surface area contributed by atoms with Gasteiger partial charge in [-0.2, -0.15) is 10.4 Å². The molecule has 3 N–H and O–H groups in total. The molecule has 0 aliphatic heterocycles. The predicted molar refractivity (Wildman–Crippen MR) is 78.1 cm³/mol. The first kappa shape index (κ1) is 16.3. The maximum atomic E-state index is 10.7. The van der Waals surface area contributed by atoms with E-state index in [0.717, 1.165) is 5.56 Å². The fourth-order valence-corrected chi connectivity index (χ4v) is 1.44. The molecule has 7 nitrogen and oxygen atoms in total. The molecule has 0 atom stereocenters. The predicted octanol–water partition coefficient (Wildman–Crippen LogP) is 0.787. The van der Waals surface area contributed by atoms with Crippen LogP contribution in [0.15, 0.2) is 23.3 Å². The molecule has 1 rings (SSSR count). The molecule has 0 unspecified atom stereocenters. The number of benzene rings is 1. The van der Waals surface area contributed by atoms with Gasteiger partial charge in [0.05, 0.1) is 25.3 Å². The Bertz CT molecular complexity index is 538. The Balaban J connectivity index is 2.72. The molecule has 0 aliphatic rings. The van der Waals surface area contributed by atoms with Crippen LogP contribution in [0.4, 0.5) is 0 Å². The van der Waals surface area contributed by atoms with Gasteiger partial charge in [-0.25, -0.2) is 0 Å². The molecule has 112 valence electrons. The Morgan fingerprint density at radius 1 is 1.48 bits per heavy atom. The third-order valence-corrected chi connectivity index (χ3v) is 2.29. The highest BCUT2D eigenvalue weighted by Gasteiger charge is 2.07. The van der Waals surface area contributed by atoms with Gasteiger partial charge in [-0.05, 0) is 30.7 Å². The maximum absolute atomic E-state index is 10.7. The Hall–Kier alpha value is -2.75. The van der Waals surface area contributed by atoms with Crippen LogP contribution >= 0.6 is 0 Å². The van der Waals surface area contributed by atoms with Gasteiger partial charge >= 0.3 is 0 Å². The normalized spacial score (nSPS) is 10.1. The van der Waals surface area contributed by atoms with E-state index in [1.165, 1.54) is 0 Å². The van der Waals surface area contributed by atoms with Crippen molar-refractivity contribution in [3.05, 3.63) is 23.8 Å². The molecule has 1 aromatic carbocycles. The molecule has 0 aromatic heterocycles. The van der Waals surface area contributed by atoms with Crippen LogP contribution in [0.25, 0.3) is 0 Å². The number of hydrogen-bond donors (Lipinski definition) is 2. The van der Waals surface area contributed by atoms with Crippen LogP contribution in [-0.4, -0.2) is 31.9 Å². The topological polar surface area (TPSA) is 110 Å². The lowest BCUT2D eigenvalue weighted by molar-refractivity contribution is -0.119. The van der Waals surface area contributed by atoms with Crippen molar-refractivity contribution in [3.8, 4) is 17.6 Å². The van der Waals surface area contributed by atoms with Crippen molar-refractivity contribution < 1.29 is 14.3 Å². The number of carbonyl (C=O) groups is 1. The van der Waals surface area contributed by atoms with Gasteiger partial charge in [-0.1, -0.05) is 0 Å². The molecule has 0 heterocycles. The summed E-state index contributed by atoms with van der Waals surface area (Å²) in [6, 6.07) is 7.21. The summed E-state index contributed by atoms with van der Waals surface area (Å²) in [5.74, 6) is 0.412. The molecule has 0 saturated heterocycles. The van der Waals surface area contributed by atoms with Crippen LogP contribution in [0.2, 0.25) is 0 Å². The molecule has 1 amide bonds. The third-order valence-electron chi connectivity index (χ3n) is 2.29. The van der Waals surface area contributed by atoms with E-state index in [9.17, 15) is 4.79 Å². The van der Waals surface area contributed by atoms with Gasteiger partial charge < -0.3 is 20.6 Å². The number of hydrazone groups is 1. The van der Waals surface area contributed by atoms with E-state index < -0.39 is 5.91 Å². The molecule has 0 aliphatic carbocycles. The molecule has 7 heteroatoms. The second-order valence-electron chi connectivity index (χ2n) is 3.97. The fourth-order valence-electron chi connectivity index (χ4n) is 1.44. The minimum Gasteiger partial charge on any atom is -0.490 e. The standard InChI is InChI=1S/C14H18N4O3/c1-2-20-13-8-11(9-18-17-7-3-6-15)4-5-12(13)21-10-14(16)19/h4-5,8-9,17H,2-3,7,10H2,1H3,(H2,16,19)/b18-9+. The quantitative estimate of drug-likeness (QED) is 0.397. The lowest BCUT2D eigenvalue weighted by Gasteiger charge is -2.11. The lowest BCUT2D eigenvalue weighted by atomic mass is 10.2. The smallest absolute Gasteiger partial charge is 0.255 e. The minimum absolute atomic E-state index is 0.205. The molecule has 21 heavy (non-hydrogen) atoms. The summed E-state index contributed by atoms with van der Waals surface area (Å²) in [5, 5.41) is 12.4. The van der Waals surface area contributed by atoms with Crippen molar-refractivity contribution in [3.63, 3.8) is 0 Å². The van der Waals surface area contributed by atoms with Crippen LogP contribution in [0, 0.1) is 11.3 Å². The number of nitriles is 1. The first-order valence-electron chi connectivity index (χ1n) is 6.48. The van der Waals surface area contributed by atoms with Crippen molar-refractivity contribution >= 4 is 12.1 Å². The second kappa shape index (κ2) is 9.20. The van der Waals surface area contributed by atoms with Crippen molar-refractivity contribution in [1.82, 2.24) is 5.43 Å². The zero-order chi connectivity index (χ0) is 15.5. The summed E-state index contributed by atoms with van der Waals surface area (Å²) in [4.78, 5) is 10.7. The summed E-state index contributed by atoms with van der Waals surface area (Å²) in [5.41, 5.74) is 8.60. The summed E-state index contributed by atoms with van der Waals surface area (Å²) in [6.07, 6.45) is 2.00. The number of nitrogens with zero attached hydrogens (tertiary/aromatic N) is 2. The molecular formula is C14H18N4O3. The molecule has 0 radical (unpaired) electrons. The molecule has 0 fully saturated rings. The van der Waals surface area contributed by atoms with Crippen LogP contribution in [0.1, 0.15) is 18.9 Å². The lowest BCUT2D eigenvalue weighted by Crippen LogP contribution is -2.20. The molecule has 0 saturated carbocycles. The zero-order valence-electron chi connectivity index (χ0n) is 11.8. The number of primary amides is 1. The summed E-state index contributed by atoms with van der Waals surface area (Å²) >= 11 is 0. The van der Waals surface area contributed by atoms with Crippen LogP contribution in [0.5, 0.6) is 11.5 Å². The fraction of sp³-hybridized carbons (Fsp3) is 0.357. The molecule has 1 aromatic rings. The van der Waals surface area contributed by atoms with Crippen LogP contribution in [-0.2, 0) is 4.79 Å². The van der Waals surface area contributed by atoms with Crippen LogP contribution < -0.4 is 20.6 Å². The van der Waals surface area contributed by atoms with Gasteiger partial charge in [-0.3, -0.25) is 4.79 Å². The van der Waals surface area contributed by atoms with Gasteiger partial charge in [0.15, 0.2) is 18.1 Å². The van der Waals surface area contributed by atoms with Gasteiger partial charge in [-0.15, -0.1) is 0 Å². The number of nitrogens with two attached hydrogens (primary N) is 1. The second-order valence-corrected chi connectivity index (χ2v) is 3.97. The number of hydrogen-bond acceptors (Lipinski definition) is 6. The van der Waals surface area contributed by atoms with Gasteiger partial charge in [0, 0.05) is 6.54 Å². The van der Waals surface area contributed by atoms with E-state index >= 15 is 0 Å². The number of amides is 1. The molecule has 0 spiro atoms. The van der Waals surface area contributed by atoms with Crippen molar-refractivity contribution in [2.75, 3.05) is 19.8 Å². The van der Waals surface area contributed by atoms with Gasteiger partial charge in [0.25, 0.3) is 5.91 Å². The van der Waals surface area contributed by atoms with E-state index in [4.69, 9.17) is 20.5 Å². The zero-order valence-corrected chi connectivity index (χ0v) is 11.8. The van der Waals surface area contributed by atoms with Gasteiger partial charge in [0.1, 0.15) is 0 Å². The van der Waals surface area contributed by atoms with E-state index in [-0.39, 0.29) is 6.61 Å². The Kier molecular flexibility index (Phi) is 7.14. The van der Waals surface area contributed by atoms with Crippen molar-refractivity contribution in [2.45, 2.75) is 13.3 Å². The van der Waals surface area contributed by atoms with E-state index in [2.05, 4.69) is 10.5 Å². The Morgan fingerprint density at radius 2 is 2.29 bits per heavy atom. The number of ether oxygens (including phenoxy) is 2. The first-order chi connectivity index (χ1) is 10.2. The average Bonchev–Trinajstić information content (AvgIpc) is 2.46. The average molecular weight is 290 g/mol. The van der Waals surface area contributed by atoms with E-state index in [1.807, 2.05) is 13.0 Å². The third kappa shape index (κ3) is 6.29. The monoisotopic (exact) mass is 290 g/mol. The highest BCUT2D eigenvalue weighted by molar-refractivity contribution is 5.81. The minimum atomic E-state index is -0.551. The Morgan fingerprint density at radius 3 is 2.95 bits per heavy atom. The highest BCUT2D eigenvalue weighted by Crippen LogP contribution is 2.27. The van der Waals surface area contributed by atoms with E-state index in [1.54, 1.807) is 24.4 Å². The maximum Gasteiger partial charge on any atom is 0.255 e. The van der Waals surface area contributed by atoms with Crippen LogP contribution in [0.3, 0.4) is 0 Å². The summed E-state index contributed by atoms with van der Waals surface area (Å²) in [6.45, 7) is 2.60. The largest absolute Gasteiger partial charge is 0.490 e. The summed E-state index contributed by atoms with van der Waals surface area (Å²) in [7, 11) is 0. The van der Waals surface area contributed by atoms with Crippen molar-refractivity contribution in [2.24, 2.45) is 10.8 Å². The Labute approximate surface area is 123 Å². The number of carbonyl (C=O) groups excluding carboxylic acids is 1. The van der Waals surface area contributed by atoms with E-state index in [0.29, 0.717) is 31.1 Å². The highest BCUT2D eigenvalue weighted by atomic mass is 16.5. The summed E-state index contributed by atoms with van der Waals surface area (Å²) < 4.78 is 10.7. The first-order valence-corrected chi connectivity index (χ1v) is 6.48. The number of rotatable bonds is 9. The van der Waals surface area contributed by atoms with Crippen molar-refractivity contribution in [1.29, 1.82) is 5.26 Å². The molecular weight excluding hydrogens is 272 g/mol.